The molecule has 3 aliphatic carbocycles. The van der Waals surface area contributed by atoms with Gasteiger partial charge in [0.25, 0.3) is 11.6 Å². The van der Waals surface area contributed by atoms with Gasteiger partial charge in [-0.3, -0.25) is 9.59 Å². The van der Waals surface area contributed by atoms with Gasteiger partial charge in [-0.15, -0.1) is 0 Å². The monoisotopic (exact) mass is 688 g/mol. The van der Waals surface area contributed by atoms with E-state index in [1.54, 1.807) is 0 Å². The van der Waals surface area contributed by atoms with Crippen molar-refractivity contribution in [3.8, 4) is 0 Å². The molecule has 0 atom stereocenters. The van der Waals surface area contributed by atoms with Gasteiger partial charge in [-0.1, -0.05) is 64.2 Å². The highest BCUT2D eigenvalue weighted by Crippen LogP contribution is 2.45. The Balaban J connectivity index is 1.15. The normalized spacial score (nSPS) is 28.7. The number of rotatable bonds is 6. The van der Waals surface area contributed by atoms with Gasteiger partial charge in [-0.25, -0.2) is 19.2 Å². The van der Waals surface area contributed by atoms with Gasteiger partial charge in [0.1, 0.15) is 22.7 Å². The highest BCUT2D eigenvalue weighted by molar-refractivity contribution is 6.16. The Morgan fingerprint density at radius 2 is 0.800 bits per heavy atom. The quantitative estimate of drug-likeness (QED) is 0.152. The number of aliphatic hydroxyl groups excluding tert-OH is 2. The maximum Gasteiger partial charge on any atom is 0.348 e. The number of allylic oxidation sites excluding steroid dienone is 14. The minimum Gasteiger partial charge on any atom is -0.512 e. The second kappa shape index (κ2) is 13.6. The fourth-order valence-electron chi connectivity index (χ4n) is 6.51. The molecule has 0 bridgehead atoms. The Hall–Kier alpha value is -5.26. The molecule has 2 aliphatic heterocycles. The molecule has 5 aliphatic rings. The van der Waals surface area contributed by atoms with E-state index in [2.05, 4.69) is 0 Å². The van der Waals surface area contributed by atoms with E-state index >= 15 is 0 Å². The van der Waals surface area contributed by atoms with E-state index in [1.807, 2.05) is 27.7 Å². The number of Topliss-reactive ketones (excluding diaryl/α,β-unsaturated/α-hetero) is 2. The summed E-state index contributed by atoms with van der Waals surface area (Å²) in [5.41, 5.74) is -0.902. The van der Waals surface area contributed by atoms with Crippen LogP contribution in [0.2, 0.25) is 0 Å². The molecule has 0 unspecified atom stereocenters. The Kier molecular flexibility index (Phi) is 9.78. The van der Waals surface area contributed by atoms with E-state index in [9.17, 15) is 39.0 Å². The van der Waals surface area contributed by atoms with Crippen molar-refractivity contribution in [3.63, 3.8) is 0 Å². The predicted octanol–water partition coefficient (Wildman–Crippen LogP) is 5.63. The van der Waals surface area contributed by atoms with Gasteiger partial charge in [0.2, 0.25) is 0 Å². The lowest BCUT2D eigenvalue weighted by molar-refractivity contribution is -0.291. The molecule has 5 rings (SSSR count). The van der Waals surface area contributed by atoms with Crippen molar-refractivity contribution >= 4 is 35.4 Å². The van der Waals surface area contributed by atoms with Crippen LogP contribution in [0.4, 0.5) is 0 Å². The standard InChI is InChI=1S/C38H40O12/c1-35(2)19-27(39)23(28(40)20-35)11-7-5-9-13-25-31(43)47-37(48-32(25)44)15-17-38(18-16-37)49-33(45)26(34(46)50-38)14-10-6-8-12-24-29(41)21-36(3,4)22-30(24)42/h5-14,39,41H,15-22H2,1-4H3/b9-5+,10-6+,11-7+,12-8+,25-13?,26-14?. The number of esters is 4. The molecule has 12 heteroatoms. The molecule has 0 radical (unpaired) electrons. The molecule has 2 spiro atoms. The van der Waals surface area contributed by atoms with Crippen LogP contribution in [-0.4, -0.2) is 57.2 Å². The lowest BCUT2D eigenvalue weighted by atomic mass is 9.76. The minimum atomic E-state index is -1.62. The van der Waals surface area contributed by atoms with Gasteiger partial charge in [0, 0.05) is 51.4 Å². The van der Waals surface area contributed by atoms with Crippen molar-refractivity contribution in [1.82, 2.24) is 0 Å². The smallest absolute Gasteiger partial charge is 0.348 e. The summed E-state index contributed by atoms with van der Waals surface area (Å²) < 4.78 is 22.1. The van der Waals surface area contributed by atoms with Crippen molar-refractivity contribution in [2.24, 2.45) is 10.8 Å². The summed E-state index contributed by atoms with van der Waals surface area (Å²) in [7, 11) is 0. The summed E-state index contributed by atoms with van der Waals surface area (Å²) in [6.45, 7) is 7.60. The number of carbonyl (C=O) groups excluding carboxylic acids is 6. The zero-order valence-corrected chi connectivity index (χ0v) is 28.4. The molecule has 0 amide bonds. The third-order valence-corrected chi connectivity index (χ3v) is 9.06. The van der Waals surface area contributed by atoms with Gasteiger partial charge in [-0.2, -0.15) is 0 Å². The van der Waals surface area contributed by atoms with Crippen LogP contribution in [0.1, 0.15) is 79.1 Å². The van der Waals surface area contributed by atoms with Crippen LogP contribution in [0.3, 0.4) is 0 Å². The van der Waals surface area contributed by atoms with Crippen LogP contribution in [0.25, 0.3) is 0 Å². The first-order valence-electron chi connectivity index (χ1n) is 16.4. The Morgan fingerprint density at radius 3 is 1.10 bits per heavy atom. The van der Waals surface area contributed by atoms with E-state index in [-0.39, 0.29) is 81.9 Å². The van der Waals surface area contributed by atoms with E-state index in [1.165, 1.54) is 60.8 Å². The molecule has 2 N–H and O–H groups in total. The molecule has 2 saturated heterocycles. The SMILES string of the molecule is CC1(C)CC(=O)C(/C=C/C=C/C=C2C(=O)OC3(CCC4(CC3)OC(=O)C(=C/C=C/C=C/C3=C(O)CC(C)(C)CC3=O)C(=O)O4)OC2=O)=C(O)C1. The van der Waals surface area contributed by atoms with E-state index in [0.717, 1.165) is 0 Å². The first-order valence-corrected chi connectivity index (χ1v) is 16.4. The van der Waals surface area contributed by atoms with Crippen LogP contribution < -0.4 is 0 Å². The van der Waals surface area contributed by atoms with Crippen molar-refractivity contribution in [2.45, 2.75) is 90.6 Å². The summed E-state index contributed by atoms with van der Waals surface area (Å²) in [5.74, 6) is -7.22. The van der Waals surface area contributed by atoms with Crippen molar-refractivity contribution in [2.75, 3.05) is 0 Å². The number of hydrogen-bond donors (Lipinski definition) is 2. The summed E-state index contributed by atoms with van der Waals surface area (Å²) in [6, 6.07) is 0. The van der Waals surface area contributed by atoms with Crippen molar-refractivity contribution in [1.29, 1.82) is 0 Å². The first kappa shape index (κ1) is 36.0. The van der Waals surface area contributed by atoms with Crippen LogP contribution in [0.15, 0.2) is 94.6 Å². The highest BCUT2D eigenvalue weighted by Gasteiger charge is 2.56. The average Bonchev–Trinajstić information content (AvgIpc) is 2.98. The fraction of sp³-hybridized carbons (Fsp3) is 0.421. The lowest BCUT2D eigenvalue weighted by Crippen LogP contribution is -2.56. The Labute approximate surface area is 289 Å². The van der Waals surface area contributed by atoms with Crippen molar-refractivity contribution in [3.05, 3.63) is 94.6 Å². The zero-order chi connectivity index (χ0) is 36.5. The molecule has 0 aromatic carbocycles. The molecule has 0 aromatic rings. The van der Waals surface area contributed by atoms with Crippen molar-refractivity contribution < 1.29 is 57.9 Å². The molecular formula is C38H40O12. The van der Waals surface area contributed by atoms with E-state index < -0.39 is 35.5 Å². The fourth-order valence-corrected chi connectivity index (χ4v) is 6.51. The molecular weight excluding hydrogens is 648 g/mol. The molecule has 264 valence electrons. The summed E-state index contributed by atoms with van der Waals surface area (Å²) in [4.78, 5) is 75.9. The van der Waals surface area contributed by atoms with E-state index in [0.29, 0.717) is 25.7 Å². The molecule has 2 heterocycles. The number of ketones is 2. The number of ether oxygens (including phenoxy) is 4. The highest BCUT2D eigenvalue weighted by atomic mass is 16.8. The summed E-state index contributed by atoms with van der Waals surface area (Å²) in [5, 5.41) is 20.5. The zero-order valence-electron chi connectivity index (χ0n) is 28.4. The van der Waals surface area contributed by atoms with Gasteiger partial charge in [-0.05, 0) is 35.1 Å². The van der Waals surface area contributed by atoms with Gasteiger partial charge in [0.05, 0.1) is 11.1 Å². The maximum atomic E-state index is 12.8. The minimum absolute atomic E-state index is 0.0133. The third kappa shape index (κ3) is 7.96. The molecule has 50 heavy (non-hydrogen) atoms. The lowest BCUT2D eigenvalue weighted by Gasteiger charge is -2.45. The largest absolute Gasteiger partial charge is 0.512 e. The van der Waals surface area contributed by atoms with Gasteiger partial charge in [0.15, 0.2) is 11.6 Å². The molecule has 0 aromatic heterocycles. The van der Waals surface area contributed by atoms with Crippen LogP contribution >= 0.6 is 0 Å². The Morgan fingerprint density at radius 1 is 0.480 bits per heavy atom. The maximum absolute atomic E-state index is 12.8. The molecule has 1 saturated carbocycles. The summed E-state index contributed by atoms with van der Waals surface area (Å²) in [6.07, 6.45) is 15.1. The molecule has 12 nitrogen and oxygen atoms in total. The molecule has 3 fully saturated rings. The van der Waals surface area contributed by atoms with Crippen LogP contribution in [-0.2, 0) is 47.7 Å². The first-order chi connectivity index (χ1) is 23.4. The van der Waals surface area contributed by atoms with Crippen LogP contribution in [0, 0.1) is 10.8 Å². The predicted molar refractivity (Wildman–Crippen MR) is 176 cm³/mol. The van der Waals surface area contributed by atoms with Gasteiger partial charge < -0.3 is 29.2 Å². The average molecular weight is 689 g/mol. The number of hydrogen-bond acceptors (Lipinski definition) is 12. The van der Waals surface area contributed by atoms with E-state index in [4.69, 9.17) is 18.9 Å². The Bertz CT molecular complexity index is 1600. The second-order valence-electron chi connectivity index (χ2n) is 14.6. The number of carbonyl (C=O) groups is 6. The van der Waals surface area contributed by atoms with Gasteiger partial charge >= 0.3 is 23.9 Å². The summed E-state index contributed by atoms with van der Waals surface area (Å²) >= 11 is 0. The topological polar surface area (TPSA) is 180 Å². The third-order valence-electron chi connectivity index (χ3n) is 9.06. The second-order valence-corrected chi connectivity index (χ2v) is 14.6. The van der Waals surface area contributed by atoms with Crippen LogP contribution in [0.5, 0.6) is 0 Å². The number of aliphatic hydroxyl groups is 2.